The lowest BCUT2D eigenvalue weighted by atomic mass is 10.3. The maximum Gasteiger partial charge on any atom is 0.573 e. The van der Waals surface area contributed by atoms with Crippen LogP contribution in [0, 0.1) is 0 Å². The summed E-state index contributed by atoms with van der Waals surface area (Å²) in [6.45, 7) is 1.40. The molecule has 0 saturated carbocycles. The highest BCUT2D eigenvalue weighted by atomic mass is 19.4. The fourth-order valence-corrected chi connectivity index (χ4v) is 2.05. The molecule has 2 N–H and O–H groups in total. The van der Waals surface area contributed by atoms with Gasteiger partial charge in [0.25, 0.3) is 0 Å². The van der Waals surface area contributed by atoms with Crippen molar-refractivity contribution in [2.24, 2.45) is 0 Å². The van der Waals surface area contributed by atoms with Crippen molar-refractivity contribution in [2.45, 2.75) is 12.8 Å². The number of carbonyl (C=O) groups is 2. The molecule has 0 bridgehead atoms. The van der Waals surface area contributed by atoms with Crippen molar-refractivity contribution in [1.29, 1.82) is 0 Å². The van der Waals surface area contributed by atoms with Crippen molar-refractivity contribution >= 4 is 17.8 Å². The molecule has 0 spiro atoms. The lowest BCUT2D eigenvalue weighted by Gasteiger charge is -2.26. The van der Waals surface area contributed by atoms with Crippen LogP contribution in [0.1, 0.15) is 6.42 Å². The van der Waals surface area contributed by atoms with Crippen molar-refractivity contribution in [3.8, 4) is 5.75 Å². The Morgan fingerprint density at radius 3 is 2.88 bits per heavy atom. The van der Waals surface area contributed by atoms with E-state index < -0.39 is 24.2 Å². The topological polar surface area (TPSA) is 79.9 Å². The number of hydrogen-bond donors (Lipinski definition) is 2. The van der Waals surface area contributed by atoms with E-state index in [-0.39, 0.29) is 18.8 Å². The molecule has 7 nitrogen and oxygen atoms in total. The van der Waals surface area contributed by atoms with Crippen molar-refractivity contribution in [3.63, 3.8) is 0 Å². The minimum Gasteiger partial charge on any atom is -0.449 e. The van der Waals surface area contributed by atoms with Gasteiger partial charge in [-0.15, -0.1) is 13.2 Å². The van der Waals surface area contributed by atoms with Crippen molar-refractivity contribution in [1.82, 2.24) is 10.2 Å². The van der Waals surface area contributed by atoms with E-state index in [1.54, 1.807) is 0 Å². The Balaban J connectivity index is 1.77. The van der Waals surface area contributed by atoms with Gasteiger partial charge in [0.1, 0.15) is 5.75 Å². The Labute approximate surface area is 135 Å². The molecule has 0 unspecified atom stereocenters. The Bertz CT molecular complexity index is 595. The number of carbonyl (C=O) groups excluding carboxylic acids is 2. The van der Waals surface area contributed by atoms with E-state index in [9.17, 15) is 22.8 Å². The maximum atomic E-state index is 12.1. The number of rotatable bonds is 5. The molecule has 10 heteroatoms. The molecule has 1 saturated heterocycles. The predicted octanol–water partition coefficient (Wildman–Crippen LogP) is 2.55. The molecule has 2 rings (SSSR count). The van der Waals surface area contributed by atoms with Crippen molar-refractivity contribution < 1.29 is 32.2 Å². The quantitative estimate of drug-likeness (QED) is 0.858. The fraction of sp³-hybridized carbons (Fsp3) is 0.429. The second-order valence-corrected chi connectivity index (χ2v) is 4.91. The Morgan fingerprint density at radius 2 is 2.17 bits per heavy atom. The molecule has 0 atom stereocenters. The molecule has 1 fully saturated rings. The standard InChI is InChI=1S/C14H16F3N3O4/c15-14(16,17)24-11-4-1-3-10(9-11)19-12(21)18-5-7-20-6-2-8-23-13(20)22/h1,3-4,9H,2,5-8H2,(H2,18,19,21). The zero-order valence-electron chi connectivity index (χ0n) is 12.6. The van der Waals surface area contributed by atoms with Gasteiger partial charge >= 0.3 is 18.5 Å². The van der Waals surface area contributed by atoms with E-state index in [0.717, 1.165) is 18.6 Å². The van der Waals surface area contributed by atoms with E-state index in [2.05, 4.69) is 15.4 Å². The first-order valence-electron chi connectivity index (χ1n) is 7.16. The second kappa shape index (κ2) is 7.75. The first-order chi connectivity index (χ1) is 11.3. The van der Waals surface area contributed by atoms with Gasteiger partial charge in [-0.1, -0.05) is 6.07 Å². The van der Waals surface area contributed by atoms with Gasteiger partial charge in [0.2, 0.25) is 0 Å². The van der Waals surface area contributed by atoms with Crippen LogP contribution in [0.3, 0.4) is 0 Å². The lowest BCUT2D eigenvalue weighted by Crippen LogP contribution is -2.43. The number of alkyl halides is 3. The van der Waals surface area contributed by atoms with Crippen molar-refractivity contribution in [2.75, 3.05) is 31.6 Å². The summed E-state index contributed by atoms with van der Waals surface area (Å²) >= 11 is 0. The number of hydrogen-bond acceptors (Lipinski definition) is 4. The molecule has 1 heterocycles. The van der Waals surface area contributed by atoms with Crippen LogP contribution in [0.4, 0.5) is 28.4 Å². The predicted molar refractivity (Wildman–Crippen MR) is 77.7 cm³/mol. The highest BCUT2D eigenvalue weighted by Gasteiger charge is 2.31. The third kappa shape index (κ3) is 5.86. The van der Waals surface area contributed by atoms with Gasteiger partial charge in [0.05, 0.1) is 6.61 Å². The van der Waals surface area contributed by atoms with Crippen LogP contribution in [0.2, 0.25) is 0 Å². The Kier molecular flexibility index (Phi) is 5.72. The largest absolute Gasteiger partial charge is 0.573 e. The van der Waals surface area contributed by atoms with Crippen molar-refractivity contribution in [3.05, 3.63) is 24.3 Å². The average molecular weight is 347 g/mol. The molecule has 24 heavy (non-hydrogen) atoms. The third-order valence-electron chi connectivity index (χ3n) is 3.05. The minimum absolute atomic E-state index is 0.145. The number of anilines is 1. The summed E-state index contributed by atoms with van der Waals surface area (Å²) in [6, 6.07) is 4.31. The maximum absolute atomic E-state index is 12.1. The van der Waals surface area contributed by atoms with E-state index in [1.165, 1.54) is 17.0 Å². The monoisotopic (exact) mass is 347 g/mol. The van der Waals surface area contributed by atoms with E-state index in [4.69, 9.17) is 4.74 Å². The summed E-state index contributed by atoms with van der Waals surface area (Å²) in [6.07, 6.45) is -4.51. The summed E-state index contributed by atoms with van der Waals surface area (Å²) in [4.78, 5) is 24.6. The van der Waals surface area contributed by atoms with Gasteiger partial charge in [-0.2, -0.15) is 0 Å². The SMILES string of the molecule is O=C(NCCN1CCCOC1=O)Nc1cccc(OC(F)(F)F)c1. The first kappa shape index (κ1) is 17.7. The zero-order chi connectivity index (χ0) is 17.6. The third-order valence-corrected chi connectivity index (χ3v) is 3.05. The van der Waals surface area contributed by atoms with Gasteiger partial charge in [-0.25, -0.2) is 9.59 Å². The number of benzene rings is 1. The van der Waals surface area contributed by atoms with Crippen LogP contribution < -0.4 is 15.4 Å². The molecule has 132 valence electrons. The van der Waals surface area contributed by atoms with E-state index >= 15 is 0 Å². The van der Waals surface area contributed by atoms with Gasteiger partial charge in [-0.3, -0.25) is 0 Å². The molecular formula is C14H16F3N3O4. The van der Waals surface area contributed by atoms with Crippen LogP contribution in [-0.4, -0.2) is 49.6 Å². The van der Waals surface area contributed by atoms with Crippen LogP contribution in [0.25, 0.3) is 0 Å². The first-order valence-corrected chi connectivity index (χ1v) is 7.16. The molecule has 1 aromatic rings. The Morgan fingerprint density at radius 1 is 1.38 bits per heavy atom. The van der Waals surface area contributed by atoms with Gasteiger partial charge in [-0.05, 0) is 18.6 Å². The molecule has 0 aliphatic carbocycles. The normalized spacial score (nSPS) is 14.8. The highest BCUT2D eigenvalue weighted by Crippen LogP contribution is 2.24. The number of cyclic esters (lactones) is 1. The van der Waals surface area contributed by atoms with Gasteiger partial charge in [0.15, 0.2) is 0 Å². The summed E-state index contributed by atoms with van der Waals surface area (Å²) in [5.74, 6) is -0.434. The number of amides is 3. The summed E-state index contributed by atoms with van der Waals surface area (Å²) < 4.78 is 45.1. The zero-order valence-corrected chi connectivity index (χ0v) is 12.6. The number of nitrogens with zero attached hydrogens (tertiary/aromatic N) is 1. The summed E-state index contributed by atoms with van der Waals surface area (Å²) in [7, 11) is 0. The molecule has 0 aromatic heterocycles. The number of nitrogens with one attached hydrogen (secondary N) is 2. The fourth-order valence-electron chi connectivity index (χ4n) is 2.05. The van der Waals surface area contributed by atoms with Gasteiger partial charge < -0.3 is 25.0 Å². The van der Waals surface area contributed by atoms with Crippen LogP contribution in [0.5, 0.6) is 5.75 Å². The number of halogens is 3. The molecule has 1 aliphatic rings. The Hall–Kier alpha value is -2.65. The smallest absolute Gasteiger partial charge is 0.449 e. The van der Waals surface area contributed by atoms with Crippen LogP contribution in [0.15, 0.2) is 24.3 Å². The summed E-state index contributed by atoms with van der Waals surface area (Å²) in [5, 5.41) is 4.89. The van der Waals surface area contributed by atoms with Crippen LogP contribution >= 0.6 is 0 Å². The molecule has 0 radical (unpaired) electrons. The minimum atomic E-state index is -4.80. The molecule has 1 aliphatic heterocycles. The van der Waals surface area contributed by atoms with E-state index in [1.807, 2.05) is 0 Å². The van der Waals surface area contributed by atoms with Crippen LogP contribution in [-0.2, 0) is 4.74 Å². The molecular weight excluding hydrogens is 331 g/mol. The van der Waals surface area contributed by atoms with E-state index in [0.29, 0.717) is 13.2 Å². The molecule has 1 aromatic carbocycles. The second-order valence-electron chi connectivity index (χ2n) is 4.91. The van der Waals surface area contributed by atoms with Gasteiger partial charge in [0, 0.05) is 31.4 Å². The molecule has 3 amide bonds. The lowest BCUT2D eigenvalue weighted by molar-refractivity contribution is -0.274. The number of urea groups is 1. The highest BCUT2D eigenvalue weighted by molar-refractivity contribution is 5.89. The average Bonchev–Trinajstić information content (AvgIpc) is 2.48. The summed E-state index contributed by atoms with van der Waals surface area (Å²) in [5.41, 5.74) is 0.145. The number of ether oxygens (including phenoxy) is 2.